The van der Waals surface area contributed by atoms with E-state index in [-0.39, 0.29) is 5.78 Å². The number of Topliss-reactive ketones (excluding diaryl/α,β-unsaturated/α-hetero) is 1. The van der Waals surface area contributed by atoms with Gasteiger partial charge in [-0.25, -0.2) is 0 Å². The van der Waals surface area contributed by atoms with Gasteiger partial charge in [0.25, 0.3) is 0 Å². The lowest BCUT2D eigenvalue weighted by molar-refractivity contribution is -0.129. The molecule has 3 heteroatoms. The number of carbonyl (C=O) groups is 1. The molecule has 0 amide bonds. The zero-order valence-electron chi connectivity index (χ0n) is 10.0. The minimum atomic E-state index is -1.17. The van der Waals surface area contributed by atoms with Gasteiger partial charge in [0.05, 0.1) is 6.61 Å². The van der Waals surface area contributed by atoms with Crippen LogP contribution in [-0.2, 0) is 4.79 Å². The molecule has 0 heterocycles. The number of rotatable bonds is 11. The molecule has 0 aromatic heterocycles. The molecule has 0 aromatic rings. The summed E-state index contributed by atoms with van der Waals surface area (Å²) in [6, 6.07) is 0. The third-order valence-corrected chi connectivity index (χ3v) is 2.63. The Hall–Kier alpha value is -0.670. The zero-order valence-corrected chi connectivity index (χ0v) is 10.0. The Kier molecular flexibility index (Phi) is 10.4. The highest BCUT2D eigenvalue weighted by Gasteiger charge is 2.12. The highest BCUT2D eigenvalue weighted by atomic mass is 16.3. The van der Waals surface area contributed by atoms with E-state index >= 15 is 0 Å². The average molecular weight is 228 g/mol. The SMILES string of the molecule is C=CCCCCCCCCC(=O)C(O)CO. The number of allylic oxidation sites excluding steroid dienone is 1. The Balaban J connectivity index is 3.20. The summed E-state index contributed by atoms with van der Waals surface area (Å²) in [5, 5.41) is 17.6. The molecule has 0 radical (unpaired) electrons. The third-order valence-electron chi connectivity index (χ3n) is 2.63. The van der Waals surface area contributed by atoms with Gasteiger partial charge in [0.2, 0.25) is 0 Å². The van der Waals surface area contributed by atoms with Gasteiger partial charge in [-0.2, -0.15) is 0 Å². The van der Waals surface area contributed by atoms with E-state index in [0.717, 1.165) is 25.7 Å². The van der Waals surface area contributed by atoms with Crippen molar-refractivity contribution in [3.8, 4) is 0 Å². The Bertz CT molecular complexity index is 190. The normalized spacial score (nSPS) is 12.4. The first kappa shape index (κ1) is 15.3. The molecule has 0 rings (SSSR count). The van der Waals surface area contributed by atoms with Gasteiger partial charge < -0.3 is 10.2 Å². The number of ketones is 1. The van der Waals surface area contributed by atoms with E-state index in [1.165, 1.54) is 19.3 Å². The van der Waals surface area contributed by atoms with Crippen LogP contribution < -0.4 is 0 Å². The number of unbranched alkanes of at least 4 members (excludes halogenated alkanes) is 6. The first-order valence-corrected chi connectivity index (χ1v) is 6.15. The van der Waals surface area contributed by atoms with Gasteiger partial charge in [-0.05, 0) is 19.3 Å². The molecule has 3 nitrogen and oxygen atoms in total. The van der Waals surface area contributed by atoms with Crippen molar-refractivity contribution in [1.82, 2.24) is 0 Å². The van der Waals surface area contributed by atoms with Gasteiger partial charge in [0.15, 0.2) is 5.78 Å². The molecule has 0 bridgehead atoms. The Morgan fingerprint density at radius 2 is 1.69 bits per heavy atom. The van der Waals surface area contributed by atoms with Crippen LogP contribution in [0.4, 0.5) is 0 Å². The van der Waals surface area contributed by atoms with Crippen LogP contribution in [0.15, 0.2) is 12.7 Å². The molecule has 2 N–H and O–H groups in total. The maximum atomic E-state index is 11.1. The van der Waals surface area contributed by atoms with Gasteiger partial charge in [-0.1, -0.05) is 31.8 Å². The van der Waals surface area contributed by atoms with E-state index in [1.54, 1.807) is 0 Å². The van der Waals surface area contributed by atoms with Crippen LogP contribution >= 0.6 is 0 Å². The molecule has 1 unspecified atom stereocenters. The predicted molar refractivity (Wildman–Crippen MR) is 65.2 cm³/mol. The second kappa shape index (κ2) is 10.8. The quantitative estimate of drug-likeness (QED) is 0.421. The first-order valence-electron chi connectivity index (χ1n) is 6.15. The molecule has 0 aliphatic rings. The molecule has 0 fully saturated rings. The van der Waals surface area contributed by atoms with Crippen molar-refractivity contribution in [1.29, 1.82) is 0 Å². The minimum absolute atomic E-state index is 0.242. The molecule has 16 heavy (non-hydrogen) atoms. The topological polar surface area (TPSA) is 57.5 Å². The van der Waals surface area contributed by atoms with Gasteiger partial charge in [-0.3, -0.25) is 4.79 Å². The second-order valence-corrected chi connectivity index (χ2v) is 4.11. The fourth-order valence-electron chi connectivity index (χ4n) is 1.56. The van der Waals surface area contributed by atoms with Crippen LogP contribution in [0, 0.1) is 0 Å². The summed E-state index contributed by atoms with van der Waals surface area (Å²) in [4.78, 5) is 11.1. The molecule has 0 aliphatic carbocycles. The third kappa shape index (κ3) is 8.62. The van der Waals surface area contributed by atoms with Crippen molar-refractivity contribution >= 4 is 5.78 Å². The molecule has 0 spiro atoms. The van der Waals surface area contributed by atoms with Crippen LogP contribution in [0.25, 0.3) is 0 Å². The summed E-state index contributed by atoms with van der Waals surface area (Å²) >= 11 is 0. The van der Waals surface area contributed by atoms with E-state index in [2.05, 4.69) is 6.58 Å². The van der Waals surface area contributed by atoms with Crippen molar-refractivity contribution < 1.29 is 15.0 Å². The smallest absolute Gasteiger partial charge is 0.163 e. The molecular formula is C13H24O3. The number of hydrogen-bond acceptors (Lipinski definition) is 3. The van der Waals surface area contributed by atoms with Crippen molar-refractivity contribution in [2.75, 3.05) is 6.61 Å². The minimum Gasteiger partial charge on any atom is -0.393 e. The van der Waals surface area contributed by atoms with Crippen LogP contribution in [0.3, 0.4) is 0 Å². The van der Waals surface area contributed by atoms with Crippen molar-refractivity contribution in [3.05, 3.63) is 12.7 Å². The van der Waals surface area contributed by atoms with E-state index in [4.69, 9.17) is 10.2 Å². The van der Waals surface area contributed by atoms with E-state index in [1.807, 2.05) is 6.08 Å². The zero-order chi connectivity index (χ0) is 12.2. The number of carbonyl (C=O) groups excluding carboxylic acids is 1. The Morgan fingerprint density at radius 1 is 1.12 bits per heavy atom. The highest BCUT2D eigenvalue weighted by Crippen LogP contribution is 2.09. The number of aliphatic hydroxyl groups is 2. The molecule has 0 saturated heterocycles. The molecule has 0 saturated carbocycles. The predicted octanol–water partition coefficient (Wildman–Crippen LogP) is 2.22. The average Bonchev–Trinajstić information content (AvgIpc) is 2.31. The second-order valence-electron chi connectivity index (χ2n) is 4.11. The molecule has 94 valence electrons. The summed E-state index contributed by atoms with van der Waals surface area (Å²) in [7, 11) is 0. The van der Waals surface area contributed by atoms with E-state index in [9.17, 15) is 4.79 Å². The maximum absolute atomic E-state index is 11.1. The molecule has 0 aromatic carbocycles. The number of hydrogen-bond donors (Lipinski definition) is 2. The van der Waals surface area contributed by atoms with Crippen molar-refractivity contribution in [2.24, 2.45) is 0 Å². The van der Waals surface area contributed by atoms with Crippen LogP contribution in [-0.4, -0.2) is 28.7 Å². The van der Waals surface area contributed by atoms with E-state index in [0.29, 0.717) is 6.42 Å². The molecule has 1 atom stereocenters. The van der Waals surface area contributed by atoms with Crippen molar-refractivity contribution in [2.45, 2.75) is 57.5 Å². The summed E-state index contributed by atoms with van der Waals surface area (Å²) in [5.74, 6) is -0.242. The number of aliphatic hydroxyl groups excluding tert-OH is 2. The lowest BCUT2D eigenvalue weighted by atomic mass is 10.0. The Morgan fingerprint density at radius 3 is 2.25 bits per heavy atom. The van der Waals surface area contributed by atoms with Gasteiger partial charge in [0.1, 0.15) is 6.10 Å². The molecule has 0 aliphatic heterocycles. The highest BCUT2D eigenvalue weighted by molar-refractivity contribution is 5.82. The van der Waals surface area contributed by atoms with Crippen LogP contribution in [0.1, 0.15) is 51.4 Å². The van der Waals surface area contributed by atoms with E-state index < -0.39 is 12.7 Å². The lowest BCUT2D eigenvalue weighted by Crippen LogP contribution is -2.23. The van der Waals surface area contributed by atoms with Crippen molar-refractivity contribution in [3.63, 3.8) is 0 Å². The summed E-state index contributed by atoms with van der Waals surface area (Å²) in [6.45, 7) is 3.21. The standard InChI is InChI=1S/C13H24O3/c1-2-3-4-5-6-7-8-9-10-12(15)13(16)11-14/h2,13-14,16H,1,3-11H2. The first-order chi connectivity index (χ1) is 7.72. The summed E-state index contributed by atoms with van der Waals surface area (Å²) < 4.78 is 0. The van der Waals surface area contributed by atoms with Crippen LogP contribution in [0.5, 0.6) is 0 Å². The van der Waals surface area contributed by atoms with Gasteiger partial charge in [-0.15, -0.1) is 6.58 Å². The summed E-state index contributed by atoms with van der Waals surface area (Å²) in [5.41, 5.74) is 0. The summed E-state index contributed by atoms with van der Waals surface area (Å²) in [6.07, 6.45) is 8.84. The fourth-order valence-corrected chi connectivity index (χ4v) is 1.56. The van der Waals surface area contributed by atoms with Crippen LogP contribution in [0.2, 0.25) is 0 Å². The Labute approximate surface area is 98.2 Å². The largest absolute Gasteiger partial charge is 0.393 e. The van der Waals surface area contributed by atoms with Gasteiger partial charge >= 0.3 is 0 Å². The van der Waals surface area contributed by atoms with Gasteiger partial charge in [0, 0.05) is 6.42 Å². The maximum Gasteiger partial charge on any atom is 0.163 e. The molecular weight excluding hydrogens is 204 g/mol. The monoisotopic (exact) mass is 228 g/mol. The lowest BCUT2D eigenvalue weighted by Gasteiger charge is -2.05. The fraction of sp³-hybridized carbons (Fsp3) is 0.769.